The van der Waals surface area contributed by atoms with E-state index in [0.29, 0.717) is 6.08 Å². The van der Waals surface area contributed by atoms with E-state index in [2.05, 4.69) is 5.73 Å². The standard InChI is InChI=1S/C4H5NO3.Zn/c5-3(6)1-2-4(7)8;/h1-2H,(H2,5,6)(H,7,8);. The van der Waals surface area contributed by atoms with Crippen LogP contribution in [0.25, 0.3) is 0 Å². The fourth-order valence-corrected chi connectivity index (χ4v) is 0.153. The van der Waals surface area contributed by atoms with Crippen LogP contribution in [-0.2, 0) is 29.1 Å². The van der Waals surface area contributed by atoms with Crippen LogP contribution in [0.1, 0.15) is 0 Å². The Morgan fingerprint density at radius 1 is 1.33 bits per heavy atom. The van der Waals surface area contributed by atoms with E-state index < -0.39 is 11.9 Å². The third-order valence-electron chi connectivity index (χ3n) is 0.390. The zero-order valence-corrected chi connectivity index (χ0v) is 7.67. The minimum atomic E-state index is -1.18. The maximum atomic E-state index is 9.78. The molecule has 0 aliphatic carbocycles. The zero-order chi connectivity index (χ0) is 6.57. The summed E-state index contributed by atoms with van der Waals surface area (Å²) >= 11 is 0. The van der Waals surface area contributed by atoms with Gasteiger partial charge in [0.1, 0.15) is 0 Å². The van der Waals surface area contributed by atoms with Crippen LogP contribution in [-0.4, -0.2) is 17.0 Å². The van der Waals surface area contributed by atoms with Crippen LogP contribution in [0.3, 0.4) is 0 Å². The van der Waals surface area contributed by atoms with Gasteiger partial charge in [0.05, 0.1) is 0 Å². The molecule has 0 aromatic rings. The molecule has 0 saturated heterocycles. The Balaban J connectivity index is 0. The van der Waals surface area contributed by atoms with Crippen LogP contribution in [0, 0.1) is 0 Å². The van der Waals surface area contributed by atoms with E-state index >= 15 is 0 Å². The summed E-state index contributed by atoms with van der Waals surface area (Å²) in [6.45, 7) is 0. The minimum Gasteiger partial charge on any atom is -0.478 e. The van der Waals surface area contributed by atoms with E-state index in [1.165, 1.54) is 0 Å². The van der Waals surface area contributed by atoms with Crippen molar-refractivity contribution < 1.29 is 34.2 Å². The third kappa shape index (κ3) is 11.1. The molecule has 4 nitrogen and oxygen atoms in total. The molecule has 0 bridgehead atoms. The molecule has 9 heavy (non-hydrogen) atoms. The van der Waals surface area contributed by atoms with Gasteiger partial charge in [0, 0.05) is 31.6 Å². The first-order chi connectivity index (χ1) is 3.63. The summed E-state index contributed by atoms with van der Waals surface area (Å²) in [5.74, 6) is -1.93. The molecule has 0 aromatic carbocycles. The number of carboxylic acid groups (broad SMARTS) is 1. The Kier molecular flexibility index (Phi) is 6.74. The molecule has 0 unspecified atom stereocenters. The van der Waals surface area contributed by atoms with E-state index in [4.69, 9.17) is 5.11 Å². The molecule has 0 aliphatic heterocycles. The monoisotopic (exact) mass is 179 g/mol. The molecule has 0 heterocycles. The van der Waals surface area contributed by atoms with Crippen molar-refractivity contribution in [1.82, 2.24) is 0 Å². The molecule has 0 radical (unpaired) electrons. The normalized spacial score (nSPS) is 8.44. The molecule has 46 valence electrons. The van der Waals surface area contributed by atoms with E-state index in [9.17, 15) is 9.59 Å². The van der Waals surface area contributed by atoms with Crippen LogP contribution in [0.5, 0.6) is 0 Å². The van der Waals surface area contributed by atoms with Gasteiger partial charge in [-0.1, -0.05) is 0 Å². The summed E-state index contributed by atoms with van der Waals surface area (Å²) in [6, 6.07) is 0. The third-order valence-corrected chi connectivity index (χ3v) is 0.390. The molecule has 0 aliphatic rings. The second-order valence-corrected chi connectivity index (χ2v) is 1.07. The van der Waals surface area contributed by atoms with Gasteiger partial charge in [-0.15, -0.1) is 0 Å². The molecule has 0 aromatic heterocycles. The smallest absolute Gasteiger partial charge is 0.328 e. The largest absolute Gasteiger partial charge is 0.478 e. The Labute approximate surface area is 64.5 Å². The van der Waals surface area contributed by atoms with Gasteiger partial charge < -0.3 is 10.8 Å². The molecular formula is C4H5NO3Zn. The molecule has 1 amide bonds. The van der Waals surface area contributed by atoms with E-state index in [1.54, 1.807) is 0 Å². The number of aliphatic carboxylic acids is 1. The Morgan fingerprint density at radius 3 is 1.89 bits per heavy atom. The van der Waals surface area contributed by atoms with Crippen molar-refractivity contribution in [1.29, 1.82) is 0 Å². The van der Waals surface area contributed by atoms with Crippen LogP contribution in [0.15, 0.2) is 12.2 Å². The van der Waals surface area contributed by atoms with Gasteiger partial charge in [-0.2, -0.15) is 0 Å². The summed E-state index contributed by atoms with van der Waals surface area (Å²) in [7, 11) is 0. The summed E-state index contributed by atoms with van der Waals surface area (Å²) in [6.07, 6.45) is 1.46. The van der Waals surface area contributed by atoms with Crippen molar-refractivity contribution in [2.75, 3.05) is 0 Å². The van der Waals surface area contributed by atoms with Crippen molar-refractivity contribution in [3.05, 3.63) is 12.2 Å². The van der Waals surface area contributed by atoms with Crippen LogP contribution in [0.2, 0.25) is 0 Å². The number of rotatable bonds is 2. The molecule has 0 saturated carbocycles. The second-order valence-electron chi connectivity index (χ2n) is 1.07. The molecule has 3 N–H and O–H groups in total. The molecule has 0 spiro atoms. The number of primary amides is 1. The Morgan fingerprint density at radius 2 is 1.78 bits per heavy atom. The number of amides is 1. The van der Waals surface area contributed by atoms with Gasteiger partial charge in [-0.3, -0.25) is 4.79 Å². The van der Waals surface area contributed by atoms with Crippen molar-refractivity contribution in [3.8, 4) is 0 Å². The molecule has 0 fully saturated rings. The van der Waals surface area contributed by atoms with Gasteiger partial charge in [0.15, 0.2) is 0 Å². The number of nitrogens with two attached hydrogens (primary N) is 1. The van der Waals surface area contributed by atoms with Gasteiger partial charge in [-0.05, 0) is 0 Å². The minimum absolute atomic E-state index is 0. The number of carbonyl (C=O) groups excluding carboxylic acids is 1. The first-order valence-electron chi connectivity index (χ1n) is 1.83. The Bertz CT molecular complexity index is 127. The maximum absolute atomic E-state index is 9.78. The summed E-state index contributed by atoms with van der Waals surface area (Å²) < 4.78 is 0. The van der Waals surface area contributed by atoms with Crippen LogP contribution >= 0.6 is 0 Å². The predicted octanol–water partition coefficient (Wildman–Crippen LogP) is -0.890. The second kappa shape index (κ2) is 5.44. The quantitative estimate of drug-likeness (QED) is 0.427. The van der Waals surface area contributed by atoms with Gasteiger partial charge in [0.2, 0.25) is 5.91 Å². The predicted molar refractivity (Wildman–Crippen MR) is 26.0 cm³/mol. The molecule has 0 atom stereocenters. The number of carbonyl (C=O) groups is 2. The van der Waals surface area contributed by atoms with Gasteiger partial charge in [-0.25, -0.2) is 4.79 Å². The van der Waals surface area contributed by atoms with E-state index in [-0.39, 0.29) is 19.5 Å². The first kappa shape index (κ1) is 11.1. The van der Waals surface area contributed by atoms with Crippen LogP contribution < -0.4 is 5.73 Å². The van der Waals surface area contributed by atoms with E-state index in [0.717, 1.165) is 6.08 Å². The fourth-order valence-electron chi connectivity index (χ4n) is 0.153. The van der Waals surface area contributed by atoms with Crippen LogP contribution in [0.4, 0.5) is 0 Å². The van der Waals surface area contributed by atoms with Crippen molar-refractivity contribution in [2.45, 2.75) is 0 Å². The topological polar surface area (TPSA) is 80.4 Å². The maximum Gasteiger partial charge on any atom is 0.328 e. The number of carboxylic acids is 1. The van der Waals surface area contributed by atoms with Gasteiger partial charge >= 0.3 is 5.97 Å². The first-order valence-corrected chi connectivity index (χ1v) is 1.83. The molecule has 5 heteroatoms. The summed E-state index contributed by atoms with van der Waals surface area (Å²) in [5.41, 5.74) is 4.55. The van der Waals surface area contributed by atoms with E-state index in [1.807, 2.05) is 0 Å². The van der Waals surface area contributed by atoms with Gasteiger partial charge in [0.25, 0.3) is 0 Å². The summed E-state index contributed by atoms with van der Waals surface area (Å²) in [5, 5.41) is 7.87. The fraction of sp³-hybridized carbons (Fsp3) is 0. The molecule has 0 rings (SSSR count). The number of hydrogen-bond donors (Lipinski definition) is 2. The number of hydrogen-bond acceptors (Lipinski definition) is 2. The van der Waals surface area contributed by atoms with Crippen molar-refractivity contribution in [2.24, 2.45) is 5.73 Å². The average molecular weight is 180 g/mol. The Hall–Kier alpha value is -0.697. The summed E-state index contributed by atoms with van der Waals surface area (Å²) in [4.78, 5) is 19.4. The van der Waals surface area contributed by atoms with Crippen molar-refractivity contribution in [3.63, 3.8) is 0 Å². The average Bonchev–Trinajstić information content (AvgIpc) is 1.61. The SMILES string of the molecule is NC(=O)C=CC(=O)O.[Zn]. The zero-order valence-electron chi connectivity index (χ0n) is 4.70. The van der Waals surface area contributed by atoms with Crippen molar-refractivity contribution >= 4 is 11.9 Å². The molecular weight excluding hydrogens is 175 g/mol.